The summed E-state index contributed by atoms with van der Waals surface area (Å²) < 4.78 is 16.1. The maximum absolute atomic E-state index is 12.7. The maximum Gasteiger partial charge on any atom is 0.257 e. The van der Waals surface area contributed by atoms with E-state index in [1.807, 2.05) is 0 Å². The first-order valence-corrected chi connectivity index (χ1v) is 8.93. The molecular weight excluding hydrogens is 398 g/mol. The van der Waals surface area contributed by atoms with Crippen molar-refractivity contribution in [3.63, 3.8) is 0 Å². The fourth-order valence-electron chi connectivity index (χ4n) is 2.78. The number of hydrogen-bond acceptors (Lipinski definition) is 6. The van der Waals surface area contributed by atoms with Crippen LogP contribution < -0.4 is 25.8 Å². The molecule has 0 spiro atoms. The predicted octanol–water partition coefficient (Wildman–Crippen LogP) is 2.43. The zero-order valence-electron chi connectivity index (χ0n) is 16.0. The molecule has 3 rings (SSSR count). The molecule has 9 heteroatoms. The lowest BCUT2D eigenvalue weighted by atomic mass is 10.1. The van der Waals surface area contributed by atoms with Crippen LogP contribution in [0.5, 0.6) is 11.5 Å². The van der Waals surface area contributed by atoms with Crippen LogP contribution in [0, 0.1) is 0 Å². The molecule has 1 heterocycles. The molecule has 156 valence electrons. The summed E-state index contributed by atoms with van der Waals surface area (Å²) in [6, 6.07) is 12.0. The van der Waals surface area contributed by atoms with Crippen molar-refractivity contribution in [2.24, 2.45) is 5.73 Å². The summed E-state index contributed by atoms with van der Waals surface area (Å²) in [5, 5.41) is 5.56. The quantitative estimate of drug-likeness (QED) is 0.633. The number of nitrogens with two attached hydrogens (primary N) is 1. The average molecular weight is 422 g/mol. The first-order chi connectivity index (χ1) is 13.6. The number of benzene rings is 2. The van der Waals surface area contributed by atoms with Crippen molar-refractivity contribution in [2.45, 2.75) is 12.5 Å². The minimum atomic E-state index is -0.376. The Morgan fingerprint density at radius 3 is 2.55 bits per heavy atom. The van der Waals surface area contributed by atoms with E-state index in [1.165, 1.54) is 7.11 Å². The third-order valence-electron chi connectivity index (χ3n) is 4.26. The van der Waals surface area contributed by atoms with Crippen LogP contribution in [0.2, 0.25) is 0 Å². The van der Waals surface area contributed by atoms with Crippen molar-refractivity contribution in [2.75, 3.05) is 37.5 Å². The highest BCUT2D eigenvalue weighted by Gasteiger charge is 2.17. The van der Waals surface area contributed by atoms with Gasteiger partial charge >= 0.3 is 0 Å². The average Bonchev–Trinajstić information content (AvgIpc) is 2.72. The number of ether oxygens (including phenoxy) is 3. The molecule has 2 aromatic rings. The molecule has 0 aliphatic carbocycles. The molecule has 0 fully saturated rings. The van der Waals surface area contributed by atoms with Crippen molar-refractivity contribution in [1.82, 2.24) is 0 Å². The monoisotopic (exact) mass is 421 g/mol. The lowest BCUT2D eigenvalue weighted by molar-refractivity contribution is -0.118. The summed E-state index contributed by atoms with van der Waals surface area (Å²) in [6.45, 7) is 1.20. The fourth-order valence-corrected chi connectivity index (χ4v) is 2.78. The van der Waals surface area contributed by atoms with Gasteiger partial charge in [-0.05, 0) is 24.3 Å². The van der Waals surface area contributed by atoms with Crippen molar-refractivity contribution in [3.05, 3.63) is 48.0 Å². The number of fused-ring (bicyclic) bond motifs is 1. The zero-order chi connectivity index (χ0) is 19.9. The number of amides is 2. The second-order valence-electron chi connectivity index (χ2n) is 6.20. The Morgan fingerprint density at radius 1 is 1.10 bits per heavy atom. The molecule has 2 aromatic carbocycles. The van der Waals surface area contributed by atoms with Gasteiger partial charge < -0.3 is 30.6 Å². The lowest BCUT2D eigenvalue weighted by Gasteiger charge is -2.19. The number of rotatable bonds is 7. The Bertz CT molecular complexity index is 858. The van der Waals surface area contributed by atoms with E-state index in [9.17, 15) is 9.59 Å². The first-order valence-electron chi connectivity index (χ1n) is 8.93. The van der Waals surface area contributed by atoms with Crippen molar-refractivity contribution >= 4 is 35.6 Å². The third-order valence-corrected chi connectivity index (χ3v) is 4.26. The normalized spacial score (nSPS) is 13.0. The smallest absolute Gasteiger partial charge is 0.257 e. The van der Waals surface area contributed by atoms with Crippen LogP contribution in [-0.2, 0) is 9.53 Å². The Kier molecular flexibility index (Phi) is 8.26. The molecule has 1 aliphatic rings. The summed E-state index contributed by atoms with van der Waals surface area (Å²) in [5.41, 5.74) is 6.87. The fraction of sp³-hybridized carbons (Fsp3) is 0.300. The number of methoxy groups -OCH3 is 1. The van der Waals surface area contributed by atoms with Crippen molar-refractivity contribution < 1.29 is 23.8 Å². The molecule has 0 bridgehead atoms. The van der Waals surface area contributed by atoms with Gasteiger partial charge in [0.2, 0.25) is 5.91 Å². The summed E-state index contributed by atoms with van der Waals surface area (Å²) >= 11 is 0. The first kappa shape index (κ1) is 22.5. The summed E-state index contributed by atoms with van der Waals surface area (Å²) in [6.07, 6.45) is -0.274. The molecule has 2 amide bonds. The molecule has 1 aliphatic heterocycles. The molecule has 0 saturated heterocycles. The van der Waals surface area contributed by atoms with E-state index in [0.29, 0.717) is 41.7 Å². The van der Waals surface area contributed by atoms with Gasteiger partial charge in [-0.2, -0.15) is 0 Å². The topological polar surface area (TPSA) is 112 Å². The minimum absolute atomic E-state index is 0. The molecule has 1 unspecified atom stereocenters. The number of halogens is 1. The van der Waals surface area contributed by atoms with E-state index in [-0.39, 0.29) is 43.3 Å². The van der Waals surface area contributed by atoms with Gasteiger partial charge in [0.15, 0.2) is 11.5 Å². The van der Waals surface area contributed by atoms with Crippen LogP contribution in [0.1, 0.15) is 16.8 Å². The van der Waals surface area contributed by atoms with E-state index < -0.39 is 0 Å². The van der Waals surface area contributed by atoms with Gasteiger partial charge in [0.05, 0.1) is 23.8 Å². The number of anilines is 2. The zero-order valence-corrected chi connectivity index (χ0v) is 16.8. The summed E-state index contributed by atoms with van der Waals surface area (Å²) in [5.74, 6) is 0.592. The molecule has 0 radical (unpaired) electrons. The Morgan fingerprint density at radius 2 is 1.83 bits per heavy atom. The second kappa shape index (κ2) is 10.7. The van der Waals surface area contributed by atoms with Crippen LogP contribution in [0.25, 0.3) is 0 Å². The maximum atomic E-state index is 12.7. The Balaban J connectivity index is 0.00000300. The number of para-hydroxylation sites is 1. The molecule has 0 saturated carbocycles. The van der Waals surface area contributed by atoms with E-state index in [0.717, 1.165) is 0 Å². The highest BCUT2D eigenvalue weighted by atomic mass is 35.5. The minimum Gasteiger partial charge on any atom is -0.486 e. The van der Waals surface area contributed by atoms with Gasteiger partial charge in [0, 0.05) is 25.4 Å². The predicted molar refractivity (Wildman–Crippen MR) is 112 cm³/mol. The van der Waals surface area contributed by atoms with Gasteiger partial charge in [-0.15, -0.1) is 12.4 Å². The largest absolute Gasteiger partial charge is 0.486 e. The van der Waals surface area contributed by atoms with Gasteiger partial charge in [0.1, 0.15) is 13.2 Å². The van der Waals surface area contributed by atoms with E-state index in [1.54, 1.807) is 42.5 Å². The number of carbonyl (C=O) groups excluding carboxylic acids is 2. The van der Waals surface area contributed by atoms with Gasteiger partial charge in [-0.1, -0.05) is 12.1 Å². The molecule has 1 atom stereocenters. The standard InChI is InChI=1S/C20H23N3O5.ClH/c1-26-14(12-21)11-19(24)23-16-5-3-2-4-15(16)20(25)22-13-6-7-17-18(10-13)28-9-8-27-17;/h2-7,10,14H,8-9,11-12,21H2,1H3,(H,22,25)(H,23,24);1H. The number of nitrogens with one attached hydrogen (secondary N) is 2. The highest BCUT2D eigenvalue weighted by Crippen LogP contribution is 2.32. The molecular formula is C20H24ClN3O5. The lowest BCUT2D eigenvalue weighted by Crippen LogP contribution is -2.28. The van der Waals surface area contributed by atoms with E-state index in [4.69, 9.17) is 19.9 Å². The number of hydrogen-bond donors (Lipinski definition) is 3. The van der Waals surface area contributed by atoms with Gasteiger partial charge in [-0.3, -0.25) is 9.59 Å². The second-order valence-corrected chi connectivity index (χ2v) is 6.20. The Labute approximate surface area is 175 Å². The van der Waals surface area contributed by atoms with Gasteiger partial charge in [-0.25, -0.2) is 0 Å². The van der Waals surface area contributed by atoms with Crippen LogP contribution in [0.15, 0.2) is 42.5 Å². The van der Waals surface area contributed by atoms with Crippen LogP contribution in [-0.4, -0.2) is 44.8 Å². The molecule has 8 nitrogen and oxygen atoms in total. The highest BCUT2D eigenvalue weighted by molar-refractivity contribution is 6.10. The van der Waals surface area contributed by atoms with E-state index >= 15 is 0 Å². The van der Waals surface area contributed by atoms with Crippen molar-refractivity contribution in [3.8, 4) is 11.5 Å². The van der Waals surface area contributed by atoms with Gasteiger partial charge in [0.25, 0.3) is 5.91 Å². The van der Waals surface area contributed by atoms with Crippen molar-refractivity contribution in [1.29, 1.82) is 0 Å². The Hall–Kier alpha value is -2.81. The molecule has 0 aromatic heterocycles. The van der Waals surface area contributed by atoms with Crippen LogP contribution in [0.3, 0.4) is 0 Å². The molecule has 4 N–H and O–H groups in total. The SMILES string of the molecule is COC(CN)CC(=O)Nc1ccccc1C(=O)Nc1ccc2c(c1)OCCO2.Cl. The van der Waals surface area contributed by atoms with E-state index in [2.05, 4.69) is 10.6 Å². The van der Waals surface area contributed by atoms with Crippen LogP contribution in [0.4, 0.5) is 11.4 Å². The third kappa shape index (κ3) is 5.83. The molecule has 29 heavy (non-hydrogen) atoms. The van der Waals surface area contributed by atoms with Crippen LogP contribution >= 0.6 is 12.4 Å². The number of carbonyl (C=O) groups is 2. The summed E-state index contributed by atoms with van der Waals surface area (Å²) in [7, 11) is 1.50. The summed E-state index contributed by atoms with van der Waals surface area (Å²) in [4.78, 5) is 25.0.